The van der Waals surface area contributed by atoms with Crippen molar-refractivity contribution in [1.82, 2.24) is 0 Å². The van der Waals surface area contributed by atoms with E-state index in [1.807, 2.05) is 24.3 Å². The molecule has 0 spiro atoms. The topological polar surface area (TPSA) is 29.5 Å². The molecule has 0 aliphatic rings. The first-order valence-electron chi connectivity index (χ1n) is 5.76. The normalized spacial score (nSPS) is 12.2. The zero-order valence-corrected chi connectivity index (χ0v) is 10.1. The molecule has 1 unspecified atom stereocenters. The van der Waals surface area contributed by atoms with Crippen LogP contribution >= 0.6 is 0 Å². The Kier molecular flexibility index (Phi) is 3.95. The van der Waals surface area contributed by atoms with Gasteiger partial charge >= 0.3 is 0 Å². The van der Waals surface area contributed by atoms with E-state index in [1.165, 1.54) is 12.1 Å². The van der Waals surface area contributed by atoms with E-state index in [1.54, 1.807) is 19.2 Å². The number of rotatable bonds is 4. The van der Waals surface area contributed by atoms with Gasteiger partial charge in [0.25, 0.3) is 0 Å². The number of benzene rings is 2. The molecule has 0 radical (unpaired) electrons. The summed E-state index contributed by atoms with van der Waals surface area (Å²) >= 11 is 0. The molecule has 18 heavy (non-hydrogen) atoms. The lowest BCUT2D eigenvalue weighted by atomic mass is 10.0. The van der Waals surface area contributed by atoms with Crippen molar-refractivity contribution < 1.29 is 14.2 Å². The van der Waals surface area contributed by atoms with E-state index >= 15 is 0 Å². The Morgan fingerprint density at radius 3 is 2.44 bits per heavy atom. The highest BCUT2D eigenvalue weighted by Crippen LogP contribution is 2.27. The molecule has 0 saturated carbocycles. The molecule has 0 aliphatic carbocycles. The lowest BCUT2D eigenvalue weighted by molar-refractivity contribution is 0.174. The van der Waals surface area contributed by atoms with Crippen LogP contribution in [-0.2, 0) is 6.42 Å². The summed E-state index contributed by atoms with van der Waals surface area (Å²) in [6, 6.07) is 13.5. The van der Waals surface area contributed by atoms with Gasteiger partial charge < -0.3 is 9.84 Å². The monoisotopic (exact) mass is 246 g/mol. The summed E-state index contributed by atoms with van der Waals surface area (Å²) in [6.45, 7) is 0. The molecule has 2 rings (SSSR count). The van der Waals surface area contributed by atoms with Crippen LogP contribution in [0.4, 0.5) is 4.39 Å². The summed E-state index contributed by atoms with van der Waals surface area (Å²) < 4.78 is 18.0. The highest BCUT2D eigenvalue weighted by atomic mass is 19.1. The molecule has 1 atom stereocenters. The maximum absolute atomic E-state index is 12.8. The van der Waals surface area contributed by atoms with Crippen molar-refractivity contribution >= 4 is 0 Å². The second-order valence-corrected chi connectivity index (χ2v) is 4.09. The van der Waals surface area contributed by atoms with Gasteiger partial charge in [-0.3, -0.25) is 0 Å². The maximum atomic E-state index is 12.8. The van der Waals surface area contributed by atoms with E-state index in [0.717, 1.165) is 11.1 Å². The summed E-state index contributed by atoms with van der Waals surface area (Å²) in [6.07, 6.45) is -0.229. The van der Waals surface area contributed by atoms with Crippen molar-refractivity contribution in [1.29, 1.82) is 0 Å². The fourth-order valence-corrected chi connectivity index (χ4v) is 1.90. The fraction of sp³-hybridized carbons (Fsp3) is 0.200. The molecule has 2 nitrogen and oxygen atoms in total. The third-order valence-corrected chi connectivity index (χ3v) is 2.84. The van der Waals surface area contributed by atoms with E-state index in [9.17, 15) is 9.50 Å². The van der Waals surface area contributed by atoms with Crippen LogP contribution in [0.3, 0.4) is 0 Å². The van der Waals surface area contributed by atoms with E-state index in [0.29, 0.717) is 12.2 Å². The molecule has 3 heteroatoms. The molecular weight excluding hydrogens is 231 g/mol. The Hall–Kier alpha value is -1.87. The number of para-hydroxylation sites is 1. The van der Waals surface area contributed by atoms with Crippen molar-refractivity contribution in [2.45, 2.75) is 12.5 Å². The summed E-state index contributed by atoms with van der Waals surface area (Å²) in [5.41, 5.74) is 1.62. The van der Waals surface area contributed by atoms with Crippen LogP contribution in [0.25, 0.3) is 0 Å². The zero-order chi connectivity index (χ0) is 13.0. The third kappa shape index (κ3) is 2.87. The summed E-state index contributed by atoms with van der Waals surface area (Å²) in [5, 5.41) is 10.2. The second-order valence-electron chi connectivity index (χ2n) is 4.09. The van der Waals surface area contributed by atoms with Crippen LogP contribution in [0.1, 0.15) is 17.2 Å². The number of ether oxygens (including phenoxy) is 1. The van der Waals surface area contributed by atoms with Crippen molar-refractivity contribution in [2.24, 2.45) is 0 Å². The van der Waals surface area contributed by atoms with Gasteiger partial charge in [-0.1, -0.05) is 30.3 Å². The number of halogens is 1. The molecule has 0 aromatic heterocycles. The van der Waals surface area contributed by atoms with Gasteiger partial charge in [0.05, 0.1) is 13.2 Å². The van der Waals surface area contributed by atoms with Gasteiger partial charge in [-0.05, 0) is 23.8 Å². The predicted molar refractivity (Wildman–Crippen MR) is 68.1 cm³/mol. The van der Waals surface area contributed by atoms with E-state index in [4.69, 9.17) is 4.74 Å². The van der Waals surface area contributed by atoms with Crippen molar-refractivity contribution in [2.75, 3.05) is 7.11 Å². The molecule has 1 N–H and O–H groups in total. The van der Waals surface area contributed by atoms with Crippen LogP contribution in [0, 0.1) is 5.82 Å². The lowest BCUT2D eigenvalue weighted by Crippen LogP contribution is -2.04. The largest absolute Gasteiger partial charge is 0.496 e. The van der Waals surface area contributed by atoms with Gasteiger partial charge in [0.2, 0.25) is 0 Å². The first-order chi connectivity index (χ1) is 8.70. The molecule has 0 bridgehead atoms. The molecule has 0 heterocycles. The Labute approximate surface area is 106 Å². The smallest absolute Gasteiger partial charge is 0.124 e. The molecule has 0 aliphatic heterocycles. The first kappa shape index (κ1) is 12.6. The third-order valence-electron chi connectivity index (χ3n) is 2.84. The van der Waals surface area contributed by atoms with Crippen molar-refractivity contribution in [3.05, 3.63) is 65.5 Å². The molecule has 0 amide bonds. The number of hydrogen-bond donors (Lipinski definition) is 1. The number of hydrogen-bond acceptors (Lipinski definition) is 2. The van der Waals surface area contributed by atoms with Crippen LogP contribution in [-0.4, -0.2) is 12.2 Å². The van der Waals surface area contributed by atoms with Gasteiger partial charge in [-0.15, -0.1) is 0 Å². The predicted octanol–water partition coefficient (Wildman–Crippen LogP) is 3.11. The summed E-state index contributed by atoms with van der Waals surface area (Å²) in [5.74, 6) is 0.387. The molecular formula is C15H15FO2. The number of aliphatic hydroxyl groups excluding tert-OH is 1. The van der Waals surface area contributed by atoms with Crippen LogP contribution in [0.5, 0.6) is 5.75 Å². The van der Waals surface area contributed by atoms with Gasteiger partial charge in [0.15, 0.2) is 0 Å². The van der Waals surface area contributed by atoms with Crippen LogP contribution < -0.4 is 4.74 Å². The number of methoxy groups -OCH3 is 1. The van der Waals surface area contributed by atoms with Gasteiger partial charge in [0.1, 0.15) is 11.6 Å². The molecule has 0 fully saturated rings. The molecule has 2 aromatic rings. The summed E-state index contributed by atoms with van der Waals surface area (Å²) in [4.78, 5) is 0. The second kappa shape index (κ2) is 5.65. The molecule has 2 aromatic carbocycles. The average Bonchev–Trinajstić information content (AvgIpc) is 2.41. The molecule has 94 valence electrons. The van der Waals surface area contributed by atoms with E-state index in [2.05, 4.69) is 0 Å². The Bertz CT molecular complexity index is 508. The molecule has 0 saturated heterocycles. The quantitative estimate of drug-likeness (QED) is 0.898. The Morgan fingerprint density at radius 1 is 1.11 bits per heavy atom. The minimum absolute atomic E-state index is 0.273. The zero-order valence-electron chi connectivity index (χ0n) is 10.1. The van der Waals surface area contributed by atoms with E-state index in [-0.39, 0.29) is 5.82 Å². The van der Waals surface area contributed by atoms with Crippen LogP contribution in [0.2, 0.25) is 0 Å². The lowest BCUT2D eigenvalue weighted by Gasteiger charge is -2.14. The number of aliphatic hydroxyl groups is 1. The minimum Gasteiger partial charge on any atom is -0.496 e. The van der Waals surface area contributed by atoms with Crippen molar-refractivity contribution in [3.8, 4) is 5.75 Å². The highest BCUT2D eigenvalue weighted by Gasteiger charge is 2.13. The Balaban J connectivity index is 2.16. The first-order valence-corrected chi connectivity index (χ1v) is 5.76. The average molecular weight is 246 g/mol. The van der Waals surface area contributed by atoms with Crippen LogP contribution in [0.15, 0.2) is 48.5 Å². The maximum Gasteiger partial charge on any atom is 0.124 e. The standard InChI is InChI=1S/C15H15FO2/c1-18-15-5-3-2-4-13(15)14(17)10-11-6-8-12(16)9-7-11/h2-9,14,17H,10H2,1H3. The minimum atomic E-state index is -0.661. The van der Waals surface area contributed by atoms with E-state index < -0.39 is 6.10 Å². The highest BCUT2D eigenvalue weighted by molar-refractivity contribution is 5.36. The van der Waals surface area contributed by atoms with Gasteiger partial charge in [-0.2, -0.15) is 0 Å². The van der Waals surface area contributed by atoms with Gasteiger partial charge in [0, 0.05) is 12.0 Å². The Morgan fingerprint density at radius 2 is 1.78 bits per heavy atom. The van der Waals surface area contributed by atoms with Gasteiger partial charge in [-0.25, -0.2) is 4.39 Å². The summed E-state index contributed by atoms with van der Waals surface area (Å²) in [7, 11) is 1.57. The fourth-order valence-electron chi connectivity index (χ4n) is 1.90. The SMILES string of the molecule is COc1ccccc1C(O)Cc1ccc(F)cc1. The van der Waals surface area contributed by atoms with Crippen molar-refractivity contribution in [3.63, 3.8) is 0 Å².